The third kappa shape index (κ3) is 1.61. The zero-order valence-electron chi connectivity index (χ0n) is 8.24. The van der Waals surface area contributed by atoms with Gasteiger partial charge in [0.25, 0.3) is 0 Å². The molecule has 74 valence electrons. The third-order valence-electron chi connectivity index (χ3n) is 2.05. The minimum atomic E-state index is 0.525. The van der Waals surface area contributed by atoms with Crippen LogP contribution in [-0.2, 0) is 6.54 Å². The monoisotopic (exact) mass is 209 g/mol. The van der Waals surface area contributed by atoms with E-state index in [2.05, 4.69) is 9.88 Å². The van der Waals surface area contributed by atoms with Gasteiger partial charge >= 0.3 is 0 Å². The molecule has 0 saturated carbocycles. The first-order valence-corrected chi connectivity index (χ1v) is 4.82. The molecule has 0 radical (unpaired) electrons. The average molecular weight is 210 g/mol. The molecule has 0 aromatic carbocycles. The van der Waals surface area contributed by atoms with Crippen molar-refractivity contribution in [2.45, 2.75) is 6.54 Å². The molecule has 2 heterocycles. The Bertz CT molecular complexity index is 448. The lowest BCUT2D eigenvalue weighted by molar-refractivity contribution is 0.399. The van der Waals surface area contributed by atoms with E-state index in [-0.39, 0.29) is 0 Å². The van der Waals surface area contributed by atoms with Crippen molar-refractivity contribution < 1.29 is 0 Å². The molecule has 0 spiro atoms. The third-order valence-corrected chi connectivity index (χ3v) is 2.31. The highest BCUT2D eigenvalue weighted by molar-refractivity contribution is 6.28. The van der Waals surface area contributed by atoms with Crippen LogP contribution in [0.25, 0.3) is 5.52 Å². The van der Waals surface area contributed by atoms with Gasteiger partial charge in [0.1, 0.15) is 0 Å². The van der Waals surface area contributed by atoms with E-state index in [1.165, 1.54) is 0 Å². The maximum atomic E-state index is 5.99. The molecule has 2 rings (SSSR count). The molecule has 0 bridgehead atoms. The number of imidazole rings is 1. The molecule has 0 saturated heterocycles. The molecule has 0 atom stereocenters. The van der Waals surface area contributed by atoms with Crippen molar-refractivity contribution in [3.8, 4) is 0 Å². The molecule has 0 amide bonds. The highest BCUT2D eigenvalue weighted by atomic mass is 35.5. The van der Waals surface area contributed by atoms with Crippen molar-refractivity contribution in [2.75, 3.05) is 14.1 Å². The smallest absolute Gasteiger partial charge is 0.207 e. The maximum absolute atomic E-state index is 5.99. The number of hydrogen-bond donors (Lipinski definition) is 0. The van der Waals surface area contributed by atoms with Gasteiger partial charge in [-0.15, -0.1) is 0 Å². The molecule has 0 unspecified atom stereocenters. The Kier molecular flexibility index (Phi) is 2.44. The molecule has 2 aromatic heterocycles. The Morgan fingerprint density at radius 3 is 2.93 bits per heavy atom. The Labute approximate surface area is 87.9 Å². The SMILES string of the molecule is CN(C)Cc1nc(Cl)n2ccccc12. The van der Waals surface area contributed by atoms with Gasteiger partial charge in [-0.05, 0) is 37.8 Å². The number of nitrogens with zero attached hydrogens (tertiary/aromatic N) is 3. The number of hydrogen-bond acceptors (Lipinski definition) is 2. The molecule has 0 aliphatic carbocycles. The number of fused-ring (bicyclic) bond motifs is 1. The summed E-state index contributed by atoms with van der Waals surface area (Å²) in [6.07, 6.45) is 1.92. The summed E-state index contributed by atoms with van der Waals surface area (Å²) >= 11 is 5.99. The van der Waals surface area contributed by atoms with Crippen LogP contribution in [0, 0.1) is 0 Å². The Balaban J connectivity index is 2.55. The van der Waals surface area contributed by atoms with Crippen molar-refractivity contribution in [1.29, 1.82) is 0 Å². The first kappa shape index (κ1) is 9.49. The molecule has 14 heavy (non-hydrogen) atoms. The van der Waals surface area contributed by atoms with Crippen LogP contribution >= 0.6 is 11.6 Å². The van der Waals surface area contributed by atoms with Gasteiger partial charge in [-0.2, -0.15) is 0 Å². The minimum absolute atomic E-state index is 0.525. The Morgan fingerprint density at radius 2 is 2.21 bits per heavy atom. The van der Waals surface area contributed by atoms with Crippen LogP contribution in [0.15, 0.2) is 24.4 Å². The van der Waals surface area contributed by atoms with Crippen molar-refractivity contribution in [2.24, 2.45) is 0 Å². The molecule has 3 nitrogen and oxygen atoms in total. The van der Waals surface area contributed by atoms with Crippen molar-refractivity contribution in [3.05, 3.63) is 35.4 Å². The van der Waals surface area contributed by atoms with Gasteiger partial charge in [-0.1, -0.05) is 6.07 Å². The fourth-order valence-electron chi connectivity index (χ4n) is 1.48. The molecular weight excluding hydrogens is 198 g/mol. The summed E-state index contributed by atoms with van der Waals surface area (Å²) in [5.41, 5.74) is 2.09. The van der Waals surface area contributed by atoms with Crippen LogP contribution in [0.4, 0.5) is 0 Å². The average Bonchev–Trinajstić information content (AvgIpc) is 2.44. The lowest BCUT2D eigenvalue weighted by Crippen LogP contribution is -2.11. The number of aromatic nitrogens is 2. The summed E-state index contributed by atoms with van der Waals surface area (Å²) < 4.78 is 1.89. The van der Waals surface area contributed by atoms with E-state index in [4.69, 9.17) is 11.6 Å². The van der Waals surface area contributed by atoms with E-state index in [0.717, 1.165) is 17.8 Å². The predicted molar refractivity (Wildman–Crippen MR) is 57.6 cm³/mol. The van der Waals surface area contributed by atoms with Crippen LogP contribution in [-0.4, -0.2) is 28.4 Å². The second-order valence-electron chi connectivity index (χ2n) is 3.52. The second-order valence-corrected chi connectivity index (χ2v) is 3.86. The van der Waals surface area contributed by atoms with Crippen LogP contribution in [0.5, 0.6) is 0 Å². The molecule has 0 fully saturated rings. The highest BCUT2D eigenvalue weighted by Gasteiger charge is 2.08. The van der Waals surface area contributed by atoms with E-state index in [1.807, 2.05) is 42.9 Å². The first-order valence-electron chi connectivity index (χ1n) is 4.44. The summed E-state index contributed by atoms with van der Waals surface area (Å²) in [6, 6.07) is 5.96. The summed E-state index contributed by atoms with van der Waals surface area (Å²) in [6.45, 7) is 0.806. The summed E-state index contributed by atoms with van der Waals surface area (Å²) in [5.74, 6) is 0. The van der Waals surface area contributed by atoms with Gasteiger partial charge in [0, 0.05) is 12.7 Å². The molecule has 0 aliphatic heterocycles. The number of rotatable bonds is 2. The van der Waals surface area contributed by atoms with E-state index < -0.39 is 0 Å². The van der Waals surface area contributed by atoms with E-state index >= 15 is 0 Å². The lowest BCUT2D eigenvalue weighted by Gasteiger charge is -2.06. The van der Waals surface area contributed by atoms with E-state index in [9.17, 15) is 0 Å². The highest BCUT2D eigenvalue weighted by Crippen LogP contribution is 2.17. The van der Waals surface area contributed by atoms with Gasteiger partial charge in [0.2, 0.25) is 5.28 Å². The Morgan fingerprint density at radius 1 is 1.43 bits per heavy atom. The Hall–Kier alpha value is -1.06. The van der Waals surface area contributed by atoms with Gasteiger partial charge in [-0.25, -0.2) is 4.98 Å². The zero-order chi connectivity index (χ0) is 10.1. The van der Waals surface area contributed by atoms with Crippen LogP contribution in [0.2, 0.25) is 5.28 Å². The van der Waals surface area contributed by atoms with Crippen molar-refractivity contribution >= 4 is 17.1 Å². The molecule has 2 aromatic rings. The number of halogens is 1. The number of pyridine rings is 1. The van der Waals surface area contributed by atoms with Crippen LogP contribution in [0.1, 0.15) is 5.69 Å². The maximum Gasteiger partial charge on any atom is 0.207 e. The quantitative estimate of drug-likeness (QED) is 0.755. The normalized spacial score (nSPS) is 11.4. The first-order chi connectivity index (χ1) is 6.68. The van der Waals surface area contributed by atoms with Crippen LogP contribution < -0.4 is 0 Å². The molecule has 0 aliphatic rings. The minimum Gasteiger partial charge on any atom is -0.303 e. The summed E-state index contributed by atoms with van der Waals surface area (Å²) in [5, 5.41) is 0.525. The fourth-order valence-corrected chi connectivity index (χ4v) is 1.73. The molecule has 4 heteroatoms. The largest absolute Gasteiger partial charge is 0.303 e. The standard InChI is InChI=1S/C10H12ClN3/c1-13(2)7-8-9-5-3-4-6-14(9)10(11)12-8/h3-6H,7H2,1-2H3. The fraction of sp³-hybridized carbons (Fsp3) is 0.300. The summed E-state index contributed by atoms with van der Waals surface area (Å²) in [4.78, 5) is 6.39. The van der Waals surface area contributed by atoms with Gasteiger partial charge in [0.05, 0.1) is 11.2 Å². The predicted octanol–water partition coefficient (Wildman–Crippen LogP) is 2.05. The van der Waals surface area contributed by atoms with Gasteiger partial charge in [0.15, 0.2) is 0 Å². The molecule has 0 N–H and O–H groups in total. The van der Waals surface area contributed by atoms with E-state index in [0.29, 0.717) is 5.28 Å². The van der Waals surface area contributed by atoms with Crippen molar-refractivity contribution in [3.63, 3.8) is 0 Å². The van der Waals surface area contributed by atoms with Gasteiger partial charge < -0.3 is 4.90 Å². The van der Waals surface area contributed by atoms with Crippen molar-refractivity contribution in [1.82, 2.24) is 14.3 Å². The topological polar surface area (TPSA) is 20.5 Å². The summed E-state index contributed by atoms with van der Waals surface area (Å²) in [7, 11) is 4.03. The second kappa shape index (κ2) is 3.59. The van der Waals surface area contributed by atoms with Crippen LogP contribution in [0.3, 0.4) is 0 Å². The zero-order valence-corrected chi connectivity index (χ0v) is 8.99. The van der Waals surface area contributed by atoms with E-state index in [1.54, 1.807) is 0 Å². The lowest BCUT2D eigenvalue weighted by atomic mass is 10.3. The molecular formula is C10H12ClN3. The van der Waals surface area contributed by atoms with Gasteiger partial charge in [-0.3, -0.25) is 4.40 Å².